The molecule has 6 heterocycles. The molecule has 0 radical (unpaired) electrons. The van der Waals surface area contributed by atoms with Crippen molar-refractivity contribution >= 4 is 28.3 Å². The lowest BCUT2D eigenvalue weighted by Gasteiger charge is -2.34. The van der Waals surface area contributed by atoms with E-state index in [2.05, 4.69) is 34.1 Å². The smallest absolute Gasteiger partial charge is 0.273 e. The van der Waals surface area contributed by atoms with Crippen molar-refractivity contribution in [2.75, 3.05) is 24.5 Å². The minimum atomic E-state index is -0.0709. The van der Waals surface area contributed by atoms with Gasteiger partial charge in [-0.3, -0.25) is 9.78 Å². The Morgan fingerprint density at radius 2 is 1.88 bits per heavy atom. The summed E-state index contributed by atoms with van der Waals surface area (Å²) in [7, 11) is 0. The molecule has 2 fully saturated rings. The summed E-state index contributed by atoms with van der Waals surface area (Å²) in [5, 5.41) is 5.78. The van der Waals surface area contributed by atoms with E-state index in [0.717, 1.165) is 66.0 Å². The van der Waals surface area contributed by atoms with E-state index in [1.165, 1.54) is 12.8 Å². The number of fused-ring (bicyclic) bond motifs is 2. The van der Waals surface area contributed by atoms with Gasteiger partial charge in [-0.25, -0.2) is 14.5 Å². The van der Waals surface area contributed by atoms with Gasteiger partial charge in [0.2, 0.25) is 0 Å². The number of piperidine rings is 1. The van der Waals surface area contributed by atoms with Crippen LogP contribution in [0.3, 0.4) is 0 Å². The van der Waals surface area contributed by atoms with Gasteiger partial charge < -0.3 is 9.80 Å². The first-order valence-corrected chi connectivity index (χ1v) is 11.8. The fourth-order valence-electron chi connectivity index (χ4n) is 5.14. The number of carbonyl (C=O) groups is 1. The second kappa shape index (κ2) is 8.10. The summed E-state index contributed by atoms with van der Waals surface area (Å²) in [6.45, 7) is 4.92. The maximum atomic E-state index is 13.5. The molecule has 4 aromatic heterocycles. The van der Waals surface area contributed by atoms with Gasteiger partial charge >= 0.3 is 0 Å². The predicted molar refractivity (Wildman–Crippen MR) is 126 cm³/mol. The SMILES string of the molecule is Cc1cn2nc(C3CCCCN3C(=O)c3ccc4cnccc4n3)cc2nc1N1CCCC1. The number of aryl methyl sites for hydroxylation is 1. The predicted octanol–water partition coefficient (Wildman–Crippen LogP) is 3.95. The number of hydrogen-bond acceptors (Lipinski definition) is 6. The molecule has 0 spiro atoms. The molecule has 1 unspecified atom stereocenters. The Hall–Kier alpha value is -3.55. The van der Waals surface area contributed by atoms with Crippen molar-refractivity contribution in [3.8, 4) is 0 Å². The van der Waals surface area contributed by atoms with E-state index in [1.807, 2.05) is 21.5 Å². The second-order valence-corrected chi connectivity index (χ2v) is 9.09. The third-order valence-electron chi connectivity index (χ3n) is 6.84. The quantitative estimate of drug-likeness (QED) is 0.479. The number of rotatable bonds is 3. The Morgan fingerprint density at radius 1 is 1.03 bits per heavy atom. The van der Waals surface area contributed by atoms with E-state index in [9.17, 15) is 4.79 Å². The van der Waals surface area contributed by atoms with E-state index in [0.29, 0.717) is 12.2 Å². The zero-order chi connectivity index (χ0) is 22.4. The van der Waals surface area contributed by atoms with Crippen LogP contribution in [0, 0.1) is 6.92 Å². The van der Waals surface area contributed by atoms with Crippen LogP contribution in [0.2, 0.25) is 0 Å². The van der Waals surface area contributed by atoms with Crippen LogP contribution in [0.25, 0.3) is 16.6 Å². The van der Waals surface area contributed by atoms with Gasteiger partial charge in [0.15, 0.2) is 5.65 Å². The number of carbonyl (C=O) groups excluding carboxylic acids is 1. The molecule has 1 atom stereocenters. The first kappa shape index (κ1) is 20.1. The summed E-state index contributed by atoms with van der Waals surface area (Å²) in [5.74, 6) is 1.01. The number of nitrogens with zero attached hydrogens (tertiary/aromatic N) is 7. The Labute approximate surface area is 192 Å². The molecule has 33 heavy (non-hydrogen) atoms. The normalized spacial score (nSPS) is 19.0. The summed E-state index contributed by atoms with van der Waals surface area (Å²) in [6, 6.07) is 7.54. The Bertz CT molecular complexity index is 1340. The lowest BCUT2D eigenvalue weighted by molar-refractivity contribution is 0.0600. The van der Waals surface area contributed by atoms with Gasteiger partial charge in [0.25, 0.3) is 5.91 Å². The summed E-state index contributed by atoms with van der Waals surface area (Å²) in [6.07, 6.45) is 10.9. The fourth-order valence-corrected chi connectivity index (χ4v) is 5.14. The third-order valence-corrected chi connectivity index (χ3v) is 6.84. The average molecular weight is 442 g/mol. The largest absolute Gasteiger partial charge is 0.356 e. The lowest BCUT2D eigenvalue weighted by atomic mass is 9.99. The van der Waals surface area contributed by atoms with Crippen molar-refractivity contribution in [3.05, 3.63) is 59.8 Å². The highest BCUT2D eigenvalue weighted by atomic mass is 16.2. The zero-order valence-corrected chi connectivity index (χ0v) is 18.8. The first-order chi connectivity index (χ1) is 16.2. The molecule has 0 saturated carbocycles. The summed E-state index contributed by atoms with van der Waals surface area (Å²) >= 11 is 0. The number of anilines is 1. The van der Waals surface area contributed by atoms with Crippen molar-refractivity contribution in [2.24, 2.45) is 0 Å². The fraction of sp³-hybridized carbons (Fsp3) is 0.400. The molecular formula is C25H27N7O. The van der Waals surface area contributed by atoms with Gasteiger partial charge in [0.05, 0.1) is 17.3 Å². The molecule has 0 aromatic carbocycles. The maximum absolute atomic E-state index is 13.5. The molecule has 8 heteroatoms. The Balaban J connectivity index is 1.34. The highest BCUT2D eigenvalue weighted by Crippen LogP contribution is 2.32. The van der Waals surface area contributed by atoms with Crippen LogP contribution in [-0.4, -0.2) is 55.0 Å². The molecule has 0 bridgehead atoms. The van der Waals surface area contributed by atoms with E-state index >= 15 is 0 Å². The average Bonchev–Trinajstić information content (AvgIpc) is 3.52. The van der Waals surface area contributed by atoms with Gasteiger partial charge in [-0.2, -0.15) is 5.10 Å². The van der Waals surface area contributed by atoms with Crippen LogP contribution < -0.4 is 4.90 Å². The van der Waals surface area contributed by atoms with E-state index in [-0.39, 0.29) is 11.9 Å². The van der Waals surface area contributed by atoms with Crippen molar-refractivity contribution in [1.82, 2.24) is 29.5 Å². The first-order valence-electron chi connectivity index (χ1n) is 11.8. The summed E-state index contributed by atoms with van der Waals surface area (Å²) in [5.41, 5.74) is 4.12. The molecule has 0 N–H and O–H groups in total. The van der Waals surface area contributed by atoms with Crippen LogP contribution in [0.4, 0.5) is 5.82 Å². The number of likely N-dealkylation sites (tertiary alicyclic amines) is 1. The zero-order valence-electron chi connectivity index (χ0n) is 18.8. The second-order valence-electron chi connectivity index (χ2n) is 9.09. The monoisotopic (exact) mass is 441 g/mol. The summed E-state index contributed by atoms with van der Waals surface area (Å²) < 4.78 is 1.86. The van der Waals surface area contributed by atoms with Gasteiger partial charge in [-0.1, -0.05) is 0 Å². The van der Waals surface area contributed by atoms with Crippen molar-refractivity contribution < 1.29 is 4.79 Å². The van der Waals surface area contributed by atoms with Gasteiger partial charge in [-0.15, -0.1) is 0 Å². The molecule has 2 aliphatic heterocycles. The van der Waals surface area contributed by atoms with E-state index in [1.54, 1.807) is 18.5 Å². The molecule has 2 aliphatic rings. The van der Waals surface area contributed by atoms with Crippen LogP contribution >= 0.6 is 0 Å². The Kier molecular flexibility index (Phi) is 4.93. The third kappa shape index (κ3) is 3.59. The van der Waals surface area contributed by atoms with Crippen molar-refractivity contribution in [2.45, 2.75) is 45.1 Å². The van der Waals surface area contributed by atoms with Crippen molar-refractivity contribution in [1.29, 1.82) is 0 Å². The number of hydrogen-bond donors (Lipinski definition) is 0. The van der Waals surface area contributed by atoms with Crippen LogP contribution in [-0.2, 0) is 0 Å². The molecule has 2 saturated heterocycles. The number of aromatic nitrogens is 5. The highest BCUT2D eigenvalue weighted by molar-refractivity contribution is 5.95. The van der Waals surface area contributed by atoms with E-state index < -0.39 is 0 Å². The maximum Gasteiger partial charge on any atom is 0.273 e. The molecule has 6 rings (SSSR count). The van der Waals surface area contributed by atoms with Gasteiger partial charge in [0.1, 0.15) is 11.5 Å². The molecule has 1 amide bonds. The molecule has 168 valence electrons. The van der Waals surface area contributed by atoms with Gasteiger partial charge in [0, 0.05) is 55.2 Å². The lowest BCUT2D eigenvalue weighted by Crippen LogP contribution is -2.39. The standard InChI is InChI=1S/C25H27N7O/c1-17-16-32-23(28-24(17)30-11-4-5-12-30)14-21(29-32)22-6-2-3-13-31(22)25(33)20-8-7-18-15-26-10-9-19(18)27-20/h7-10,14-16,22H,2-6,11-13H2,1H3. The van der Waals surface area contributed by atoms with Crippen LogP contribution in [0.1, 0.15) is 59.9 Å². The highest BCUT2D eigenvalue weighted by Gasteiger charge is 2.31. The minimum absolute atomic E-state index is 0.0441. The van der Waals surface area contributed by atoms with Crippen LogP contribution in [0.5, 0.6) is 0 Å². The molecule has 4 aromatic rings. The topological polar surface area (TPSA) is 79.5 Å². The molecule has 0 aliphatic carbocycles. The molecule has 8 nitrogen and oxygen atoms in total. The Morgan fingerprint density at radius 3 is 2.76 bits per heavy atom. The number of amides is 1. The minimum Gasteiger partial charge on any atom is -0.356 e. The van der Waals surface area contributed by atoms with E-state index in [4.69, 9.17) is 10.1 Å². The molecular weight excluding hydrogens is 414 g/mol. The number of pyridine rings is 2. The van der Waals surface area contributed by atoms with Crippen molar-refractivity contribution in [3.63, 3.8) is 0 Å². The summed E-state index contributed by atoms with van der Waals surface area (Å²) in [4.78, 5) is 31.5. The van der Waals surface area contributed by atoms with Gasteiger partial charge in [-0.05, 0) is 57.2 Å². The van der Waals surface area contributed by atoms with Crippen LogP contribution in [0.15, 0.2) is 42.9 Å².